The second-order valence-corrected chi connectivity index (χ2v) is 2.41. The smallest absolute Gasteiger partial charge is 0.350 e. The van der Waals surface area contributed by atoms with Crippen LogP contribution in [0.5, 0.6) is 0 Å². The zero-order valence-corrected chi connectivity index (χ0v) is 4.38. The van der Waals surface area contributed by atoms with E-state index in [4.69, 9.17) is 9.79 Å². The average Bonchev–Trinajstić information content (AvgIpc) is 1.30. The fourth-order valence-corrected chi connectivity index (χ4v) is 0.336. The predicted molar refractivity (Wildman–Crippen MR) is 25.4 cm³/mol. The van der Waals surface area contributed by atoms with Crippen LogP contribution in [0.1, 0.15) is 0 Å². The van der Waals surface area contributed by atoms with Gasteiger partial charge in [-0.1, -0.05) is 0 Å². The molecule has 0 amide bonds. The zero-order valence-electron chi connectivity index (χ0n) is 3.48. The van der Waals surface area contributed by atoms with Crippen molar-refractivity contribution in [3.05, 3.63) is 12.0 Å². The van der Waals surface area contributed by atoms with Gasteiger partial charge in [-0.3, -0.25) is 4.57 Å². The van der Waals surface area contributed by atoms with E-state index < -0.39 is 7.60 Å². The number of nitrogens with two attached hydrogens (primary N) is 1. The van der Waals surface area contributed by atoms with Gasteiger partial charge in [0, 0.05) is 12.0 Å². The minimum atomic E-state index is -3.97. The third kappa shape index (κ3) is 5.69. The largest absolute Gasteiger partial charge is 0.404 e. The summed E-state index contributed by atoms with van der Waals surface area (Å²) < 4.78 is 9.76. The van der Waals surface area contributed by atoms with Gasteiger partial charge in [0.15, 0.2) is 0 Å². The summed E-state index contributed by atoms with van der Waals surface area (Å²) in [6, 6.07) is 0. The first kappa shape index (κ1) is 6.69. The molecule has 0 saturated heterocycles. The van der Waals surface area contributed by atoms with Crippen LogP contribution in [-0.2, 0) is 4.57 Å². The van der Waals surface area contributed by atoms with E-state index >= 15 is 0 Å². The molecule has 0 saturated carbocycles. The first-order valence-corrected chi connectivity index (χ1v) is 3.19. The second kappa shape index (κ2) is 2.12. The Morgan fingerprint density at radius 3 is 2.00 bits per heavy atom. The molecule has 0 bridgehead atoms. The van der Waals surface area contributed by atoms with Gasteiger partial charge >= 0.3 is 7.60 Å². The summed E-state index contributed by atoms with van der Waals surface area (Å²) >= 11 is 0. The van der Waals surface area contributed by atoms with Gasteiger partial charge in [-0.15, -0.1) is 0 Å². The molecule has 0 heterocycles. The molecule has 4 N–H and O–H groups in total. The maximum atomic E-state index is 9.76. The first-order valence-electron chi connectivity index (χ1n) is 1.51. The van der Waals surface area contributed by atoms with Crippen molar-refractivity contribution in [3.63, 3.8) is 0 Å². The van der Waals surface area contributed by atoms with Crippen molar-refractivity contribution < 1.29 is 14.4 Å². The molecule has 4 nitrogen and oxygen atoms in total. The van der Waals surface area contributed by atoms with E-state index in [9.17, 15) is 4.57 Å². The standard InChI is InChI=1S/C2H6NO3P/c3-1-2-7(4,5)6/h1-2H,3H2,(H2,4,5,6)/b2-1+. The van der Waals surface area contributed by atoms with Crippen molar-refractivity contribution in [3.8, 4) is 0 Å². The van der Waals surface area contributed by atoms with Crippen LogP contribution in [0.2, 0.25) is 0 Å². The summed E-state index contributed by atoms with van der Waals surface area (Å²) in [5.74, 6) is 0.632. The molecule has 0 aliphatic rings. The van der Waals surface area contributed by atoms with Crippen LogP contribution in [-0.4, -0.2) is 9.79 Å². The summed E-state index contributed by atoms with van der Waals surface area (Å²) in [6.07, 6.45) is 0.820. The van der Waals surface area contributed by atoms with E-state index in [0.29, 0.717) is 5.82 Å². The van der Waals surface area contributed by atoms with Gasteiger partial charge < -0.3 is 15.5 Å². The number of rotatable bonds is 1. The van der Waals surface area contributed by atoms with Gasteiger partial charge in [0.05, 0.1) is 0 Å². The Labute approximate surface area is 40.8 Å². The van der Waals surface area contributed by atoms with Crippen molar-refractivity contribution in [2.75, 3.05) is 0 Å². The SMILES string of the molecule is N/C=C/P(=O)(O)O. The normalized spacial score (nSPS) is 12.9. The quantitative estimate of drug-likeness (QED) is 0.414. The van der Waals surface area contributed by atoms with E-state index in [1.165, 1.54) is 0 Å². The van der Waals surface area contributed by atoms with Crippen LogP contribution in [0.25, 0.3) is 0 Å². The lowest BCUT2D eigenvalue weighted by molar-refractivity contribution is 0.386. The molecule has 42 valence electrons. The molecule has 0 fully saturated rings. The van der Waals surface area contributed by atoms with E-state index in [1.54, 1.807) is 0 Å². The second-order valence-electron chi connectivity index (χ2n) is 0.931. The monoisotopic (exact) mass is 123 g/mol. The molecule has 0 unspecified atom stereocenters. The molecular weight excluding hydrogens is 117 g/mol. The number of hydrogen-bond donors (Lipinski definition) is 3. The van der Waals surface area contributed by atoms with Crippen LogP contribution in [0.4, 0.5) is 0 Å². The minimum absolute atomic E-state index is 0.632. The Morgan fingerprint density at radius 1 is 1.57 bits per heavy atom. The van der Waals surface area contributed by atoms with Gasteiger partial charge in [0.25, 0.3) is 0 Å². The highest BCUT2D eigenvalue weighted by Gasteiger charge is 2.02. The summed E-state index contributed by atoms with van der Waals surface area (Å²) in [4.78, 5) is 15.9. The first-order chi connectivity index (χ1) is 3.06. The summed E-state index contributed by atoms with van der Waals surface area (Å²) in [5.41, 5.74) is 4.64. The Bertz CT molecular complexity index is 114. The zero-order chi connectivity index (χ0) is 5.91. The van der Waals surface area contributed by atoms with Gasteiger partial charge in [0.2, 0.25) is 0 Å². The van der Waals surface area contributed by atoms with Crippen LogP contribution in [0.15, 0.2) is 12.0 Å². The van der Waals surface area contributed by atoms with Crippen LogP contribution in [0.3, 0.4) is 0 Å². The van der Waals surface area contributed by atoms with E-state index in [2.05, 4.69) is 5.73 Å². The van der Waals surface area contributed by atoms with Crippen molar-refractivity contribution in [1.29, 1.82) is 0 Å². The van der Waals surface area contributed by atoms with Crippen LogP contribution >= 0.6 is 7.60 Å². The van der Waals surface area contributed by atoms with Gasteiger partial charge in [-0.05, 0) is 0 Å². The van der Waals surface area contributed by atoms with Gasteiger partial charge in [0.1, 0.15) is 0 Å². The fraction of sp³-hybridized carbons (Fsp3) is 0. The molecule has 0 atom stereocenters. The number of hydrogen-bond acceptors (Lipinski definition) is 2. The molecule has 7 heavy (non-hydrogen) atoms. The van der Waals surface area contributed by atoms with Crippen molar-refractivity contribution in [2.24, 2.45) is 5.73 Å². The third-order valence-electron chi connectivity index (χ3n) is 0.280. The third-order valence-corrected chi connectivity index (χ3v) is 0.841. The lowest BCUT2D eigenvalue weighted by atomic mass is 11.1. The lowest BCUT2D eigenvalue weighted by Crippen LogP contribution is -1.76. The molecule has 0 aliphatic carbocycles. The molecule has 0 aromatic rings. The van der Waals surface area contributed by atoms with Gasteiger partial charge in [-0.25, -0.2) is 0 Å². The molecular formula is C2H6NO3P. The fourth-order valence-electron chi connectivity index (χ4n) is 0.112. The molecule has 0 rings (SSSR count). The summed E-state index contributed by atoms with van der Waals surface area (Å²) in [7, 11) is -3.97. The highest BCUT2D eigenvalue weighted by Crippen LogP contribution is 2.35. The van der Waals surface area contributed by atoms with Crippen molar-refractivity contribution >= 4 is 7.60 Å². The Morgan fingerprint density at radius 2 is 2.00 bits per heavy atom. The van der Waals surface area contributed by atoms with E-state index in [0.717, 1.165) is 6.20 Å². The van der Waals surface area contributed by atoms with Crippen molar-refractivity contribution in [2.45, 2.75) is 0 Å². The molecule has 0 aromatic carbocycles. The Balaban J connectivity index is 3.82. The predicted octanol–water partition coefficient (Wildman–Crippen LogP) is -0.406. The molecule has 0 aliphatic heterocycles. The van der Waals surface area contributed by atoms with Crippen LogP contribution in [0, 0.1) is 0 Å². The van der Waals surface area contributed by atoms with Gasteiger partial charge in [-0.2, -0.15) is 0 Å². The topological polar surface area (TPSA) is 83.6 Å². The maximum Gasteiger partial charge on any atom is 0.350 e. The minimum Gasteiger partial charge on any atom is -0.404 e. The van der Waals surface area contributed by atoms with Crippen LogP contribution < -0.4 is 5.73 Å². The molecule has 0 spiro atoms. The maximum absolute atomic E-state index is 9.76. The average molecular weight is 123 g/mol. The highest BCUT2D eigenvalue weighted by atomic mass is 31.2. The summed E-state index contributed by atoms with van der Waals surface area (Å²) in [6.45, 7) is 0. The highest BCUT2D eigenvalue weighted by molar-refractivity contribution is 7.55. The Kier molecular flexibility index (Phi) is 2.02. The molecule has 0 radical (unpaired) electrons. The van der Waals surface area contributed by atoms with Crippen molar-refractivity contribution in [1.82, 2.24) is 0 Å². The summed E-state index contributed by atoms with van der Waals surface area (Å²) in [5, 5.41) is 0. The molecule has 0 aromatic heterocycles. The van der Waals surface area contributed by atoms with E-state index in [1.807, 2.05) is 0 Å². The molecule has 5 heteroatoms. The van der Waals surface area contributed by atoms with E-state index in [-0.39, 0.29) is 0 Å². The Hall–Kier alpha value is -0.310. The lowest BCUT2D eigenvalue weighted by Gasteiger charge is -1.89.